The molecule has 0 bridgehead atoms. The molecule has 0 spiro atoms. The number of carbonyl (C=O) groups is 2. The van der Waals surface area contributed by atoms with Crippen LogP contribution in [0.5, 0.6) is 0 Å². The zero-order valence-electron chi connectivity index (χ0n) is 11.1. The highest BCUT2D eigenvalue weighted by atomic mass is 79.9. The van der Waals surface area contributed by atoms with Crippen molar-refractivity contribution in [3.8, 4) is 6.07 Å². The summed E-state index contributed by atoms with van der Waals surface area (Å²) in [5, 5.41) is 9.31. The van der Waals surface area contributed by atoms with Crippen LogP contribution in [0.2, 0.25) is 5.02 Å². The standard InChI is InChI=1S/C14H11BrClNO3S/c1-21(20)14-8(4-5-10(15)11(14)16)13(19)9(6-17)12(18)7-2-3-7/h4-5,7,9H,2-3H2,1H3. The summed E-state index contributed by atoms with van der Waals surface area (Å²) in [6.07, 6.45) is 2.84. The largest absolute Gasteiger partial charge is 0.612 e. The third-order valence-corrected chi connectivity index (χ3v) is 5.65. The van der Waals surface area contributed by atoms with Gasteiger partial charge in [-0.3, -0.25) is 9.59 Å². The Balaban J connectivity index is 2.45. The zero-order valence-corrected chi connectivity index (χ0v) is 14.2. The van der Waals surface area contributed by atoms with Crippen molar-refractivity contribution in [2.24, 2.45) is 11.8 Å². The average Bonchev–Trinajstić information content (AvgIpc) is 3.26. The lowest BCUT2D eigenvalue weighted by atomic mass is 9.92. The molecule has 0 radical (unpaired) electrons. The molecule has 1 fully saturated rings. The van der Waals surface area contributed by atoms with Crippen molar-refractivity contribution in [2.75, 3.05) is 6.26 Å². The molecule has 1 aliphatic rings. The van der Waals surface area contributed by atoms with Crippen molar-refractivity contribution in [1.29, 1.82) is 5.26 Å². The highest BCUT2D eigenvalue weighted by Crippen LogP contribution is 2.36. The molecule has 0 aromatic heterocycles. The van der Waals surface area contributed by atoms with E-state index in [2.05, 4.69) is 15.9 Å². The van der Waals surface area contributed by atoms with Crippen LogP contribution in [0.15, 0.2) is 21.5 Å². The monoisotopic (exact) mass is 387 g/mol. The smallest absolute Gasteiger partial charge is 0.192 e. The molecule has 0 aliphatic heterocycles. The second kappa shape index (κ2) is 6.49. The first-order valence-corrected chi connectivity index (χ1v) is 8.90. The maximum atomic E-state index is 12.5. The van der Waals surface area contributed by atoms with E-state index in [-0.39, 0.29) is 27.2 Å². The summed E-state index contributed by atoms with van der Waals surface area (Å²) in [4.78, 5) is 24.7. The normalized spacial score (nSPS) is 16.9. The van der Waals surface area contributed by atoms with E-state index >= 15 is 0 Å². The molecule has 0 amide bonds. The van der Waals surface area contributed by atoms with Gasteiger partial charge in [-0.05, 0) is 52.1 Å². The van der Waals surface area contributed by atoms with Gasteiger partial charge >= 0.3 is 0 Å². The van der Waals surface area contributed by atoms with Crippen molar-refractivity contribution in [2.45, 2.75) is 17.7 Å². The fourth-order valence-corrected chi connectivity index (χ4v) is 3.81. The van der Waals surface area contributed by atoms with Crippen LogP contribution in [0.1, 0.15) is 23.2 Å². The van der Waals surface area contributed by atoms with Gasteiger partial charge in [-0.15, -0.1) is 0 Å². The molecule has 1 saturated carbocycles. The molecule has 2 atom stereocenters. The average molecular weight is 389 g/mol. The summed E-state index contributed by atoms with van der Waals surface area (Å²) in [7, 11) is 0. The number of halogens is 2. The molecule has 4 nitrogen and oxygen atoms in total. The van der Waals surface area contributed by atoms with E-state index in [9.17, 15) is 14.1 Å². The predicted molar refractivity (Wildman–Crippen MR) is 82.6 cm³/mol. The van der Waals surface area contributed by atoms with Crippen LogP contribution in [-0.2, 0) is 16.0 Å². The molecule has 0 saturated heterocycles. The topological polar surface area (TPSA) is 81.0 Å². The lowest BCUT2D eigenvalue weighted by Gasteiger charge is -2.14. The van der Waals surface area contributed by atoms with Gasteiger partial charge in [-0.2, -0.15) is 5.26 Å². The Hall–Kier alpha value is -0.870. The first-order chi connectivity index (χ1) is 9.88. The molecular formula is C14H11BrClNO3S. The summed E-state index contributed by atoms with van der Waals surface area (Å²) in [5.41, 5.74) is 0.0737. The molecule has 21 heavy (non-hydrogen) atoms. The van der Waals surface area contributed by atoms with Crippen molar-refractivity contribution in [1.82, 2.24) is 0 Å². The number of hydrogen-bond donors (Lipinski definition) is 0. The van der Waals surface area contributed by atoms with Gasteiger partial charge in [0.15, 0.2) is 22.4 Å². The van der Waals surface area contributed by atoms with Crippen molar-refractivity contribution in [3.05, 3.63) is 27.2 Å². The van der Waals surface area contributed by atoms with E-state index in [1.165, 1.54) is 12.3 Å². The van der Waals surface area contributed by atoms with Gasteiger partial charge in [0.05, 0.1) is 11.6 Å². The van der Waals surface area contributed by atoms with Crippen LogP contribution >= 0.6 is 27.5 Å². The SMILES string of the molecule is C[S+]([O-])c1c(C(=O)C(C#N)C(=O)C2CC2)ccc(Br)c1Cl. The minimum atomic E-state index is -1.51. The Kier molecular flexibility index (Phi) is 5.10. The fourth-order valence-electron chi connectivity index (χ4n) is 2.02. The summed E-state index contributed by atoms with van der Waals surface area (Å²) < 4.78 is 12.4. The van der Waals surface area contributed by atoms with E-state index in [1.54, 1.807) is 12.1 Å². The molecule has 2 unspecified atom stereocenters. The first kappa shape index (κ1) is 16.5. The minimum Gasteiger partial charge on any atom is -0.612 e. The Morgan fingerprint density at radius 1 is 1.52 bits per heavy atom. The molecule has 0 heterocycles. The van der Waals surface area contributed by atoms with E-state index in [1.807, 2.05) is 0 Å². The van der Waals surface area contributed by atoms with Gasteiger partial charge in [-0.25, -0.2) is 0 Å². The second-order valence-corrected chi connectivity index (χ2v) is 7.34. The number of nitriles is 1. The number of ketones is 2. The highest BCUT2D eigenvalue weighted by molar-refractivity contribution is 9.10. The Morgan fingerprint density at radius 2 is 2.14 bits per heavy atom. The Bertz CT molecular complexity index is 652. The van der Waals surface area contributed by atoms with Crippen LogP contribution in [0, 0.1) is 23.2 Å². The molecule has 1 aliphatic carbocycles. The molecule has 110 valence electrons. The number of Topliss-reactive ketones (excluding diaryl/α,β-unsaturated/α-hetero) is 2. The van der Waals surface area contributed by atoms with Gasteiger partial charge < -0.3 is 4.55 Å². The maximum absolute atomic E-state index is 12.5. The van der Waals surface area contributed by atoms with Crippen molar-refractivity contribution < 1.29 is 14.1 Å². The maximum Gasteiger partial charge on any atom is 0.192 e. The van der Waals surface area contributed by atoms with Crippen LogP contribution < -0.4 is 0 Å². The van der Waals surface area contributed by atoms with Gasteiger partial charge in [0.25, 0.3) is 0 Å². The minimum absolute atomic E-state index is 0.0737. The molecule has 1 aromatic rings. The first-order valence-electron chi connectivity index (χ1n) is 6.17. The molecule has 1 aromatic carbocycles. The van der Waals surface area contributed by atoms with Crippen molar-refractivity contribution >= 4 is 50.3 Å². The fraction of sp³-hybridized carbons (Fsp3) is 0.357. The quantitative estimate of drug-likeness (QED) is 0.441. The third kappa shape index (κ3) is 3.32. The number of carbonyl (C=O) groups excluding carboxylic acids is 2. The van der Waals surface area contributed by atoms with Gasteiger partial charge in [0, 0.05) is 10.4 Å². The summed E-state index contributed by atoms with van der Waals surface area (Å²) in [6.45, 7) is 0. The number of nitrogens with zero attached hydrogens (tertiary/aromatic N) is 1. The zero-order chi connectivity index (χ0) is 15.7. The van der Waals surface area contributed by atoms with E-state index < -0.39 is 22.9 Å². The van der Waals surface area contributed by atoms with Crippen LogP contribution in [0.3, 0.4) is 0 Å². The van der Waals surface area contributed by atoms with Gasteiger partial charge in [0.1, 0.15) is 11.3 Å². The van der Waals surface area contributed by atoms with Crippen LogP contribution in [0.25, 0.3) is 0 Å². The van der Waals surface area contributed by atoms with E-state index in [0.717, 1.165) is 12.8 Å². The van der Waals surface area contributed by atoms with E-state index in [4.69, 9.17) is 16.9 Å². The van der Waals surface area contributed by atoms with Crippen LogP contribution in [-0.4, -0.2) is 22.4 Å². The number of rotatable bonds is 5. The summed E-state index contributed by atoms with van der Waals surface area (Å²) >= 11 is 7.77. The summed E-state index contributed by atoms with van der Waals surface area (Å²) in [5.74, 6) is -2.53. The van der Waals surface area contributed by atoms with Crippen molar-refractivity contribution in [3.63, 3.8) is 0 Å². The van der Waals surface area contributed by atoms with Gasteiger partial charge in [0.2, 0.25) is 0 Å². The lowest BCUT2D eigenvalue weighted by molar-refractivity contribution is -0.121. The lowest BCUT2D eigenvalue weighted by Crippen LogP contribution is -2.25. The molecule has 2 rings (SSSR count). The molecular weight excluding hydrogens is 378 g/mol. The highest BCUT2D eigenvalue weighted by Gasteiger charge is 2.40. The third-order valence-electron chi connectivity index (χ3n) is 3.26. The molecule has 7 heteroatoms. The summed E-state index contributed by atoms with van der Waals surface area (Å²) in [6, 6.07) is 4.76. The Labute approximate surface area is 138 Å². The second-order valence-electron chi connectivity index (χ2n) is 4.80. The van der Waals surface area contributed by atoms with Gasteiger partial charge in [-0.1, -0.05) is 11.6 Å². The molecule has 0 N–H and O–H groups in total. The predicted octanol–water partition coefficient (Wildman–Crippen LogP) is 3.14. The van der Waals surface area contributed by atoms with Crippen LogP contribution in [0.4, 0.5) is 0 Å². The number of benzene rings is 1. The van der Waals surface area contributed by atoms with E-state index in [0.29, 0.717) is 4.47 Å². The Morgan fingerprint density at radius 3 is 2.62 bits per heavy atom. The number of hydrogen-bond acceptors (Lipinski definition) is 4.